The predicted molar refractivity (Wildman–Crippen MR) is 65.0 cm³/mol. The molecule has 2 aromatic rings. The SMILES string of the molecule is O=[N+]([O-])c1cnc2ccc3c(c2c1)CCCC3. The van der Waals surface area contributed by atoms with E-state index < -0.39 is 0 Å². The molecule has 86 valence electrons. The molecule has 1 aliphatic carbocycles. The van der Waals surface area contributed by atoms with Crippen LogP contribution in [0.25, 0.3) is 10.9 Å². The standard InChI is InChI=1S/C13H12N2O2/c16-15(17)10-7-12-11-4-2-1-3-9(11)5-6-13(12)14-8-10/h5-8H,1-4H2. The lowest BCUT2D eigenvalue weighted by Crippen LogP contribution is -2.03. The van der Waals surface area contributed by atoms with Crippen LogP contribution in [0.4, 0.5) is 5.69 Å². The Kier molecular flexibility index (Phi) is 2.28. The molecule has 17 heavy (non-hydrogen) atoms. The average molecular weight is 228 g/mol. The molecule has 0 fully saturated rings. The molecule has 1 aliphatic rings. The van der Waals surface area contributed by atoms with Crippen molar-refractivity contribution >= 4 is 16.6 Å². The first-order valence-electron chi connectivity index (χ1n) is 5.80. The number of aromatic nitrogens is 1. The van der Waals surface area contributed by atoms with E-state index in [2.05, 4.69) is 11.1 Å². The number of hydrogen-bond acceptors (Lipinski definition) is 3. The number of pyridine rings is 1. The van der Waals surface area contributed by atoms with Crippen molar-refractivity contribution < 1.29 is 4.92 Å². The van der Waals surface area contributed by atoms with Gasteiger partial charge in [-0.25, -0.2) is 4.98 Å². The molecule has 1 aromatic heterocycles. The Morgan fingerprint density at radius 1 is 1.24 bits per heavy atom. The molecule has 0 atom stereocenters. The molecule has 3 rings (SSSR count). The van der Waals surface area contributed by atoms with E-state index >= 15 is 0 Å². The van der Waals surface area contributed by atoms with Crippen LogP contribution >= 0.6 is 0 Å². The van der Waals surface area contributed by atoms with Crippen molar-refractivity contribution in [2.45, 2.75) is 25.7 Å². The van der Waals surface area contributed by atoms with Gasteiger partial charge in [0.25, 0.3) is 5.69 Å². The van der Waals surface area contributed by atoms with Gasteiger partial charge in [-0.2, -0.15) is 0 Å². The molecule has 1 aromatic carbocycles. The summed E-state index contributed by atoms with van der Waals surface area (Å²) >= 11 is 0. The molecule has 0 saturated heterocycles. The van der Waals surface area contributed by atoms with Crippen molar-refractivity contribution in [2.75, 3.05) is 0 Å². The molecule has 1 heterocycles. The van der Waals surface area contributed by atoms with Crippen LogP contribution in [-0.2, 0) is 12.8 Å². The molecule has 0 spiro atoms. The molecule has 0 unspecified atom stereocenters. The molecule has 4 heteroatoms. The second-order valence-corrected chi connectivity index (χ2v) is 4.43. The van der Waals surface area contributed by atoms with E-state index in [-0.39, 0.29) is 10.6 Å². The van der Waals surface area contributed by atoms with E-state index in [1.165, 1.54) is 23.7 Å². The highest BCUT2D eigenvalue weighted by molar-refractivity contribution is 5.85. The van der Waals surface area contributed by atoms with E-state index in [4.69, 9.17) is 0 Å². The molecular weight excluding hydrogens is 216 g/mol. The fourth-order valence-electron chi connectivity index (χ4n) is 2.54. The molecule has 0 N–H and O–H groups in total. The Labute approximate surface area is 98.4 Å². The van der Waals surface area contributed by atoms with Crippen LogP contribution < -0.4 is 0 Å². The quantitative estimate of drug-likeness (QED) is 0.556. The highest BCUT2D eigenvalue weighted by atomic mass is 16.6. The Balaban J connectivity index is 2.28. The maximum Gasteiger partial charge on any atom is 0.288 e. The van der Waals surface area contributed by atoms with Crippen molar-refractivity contribution in [3.8, 4) is 0 Å². The minimum atomic E-state index is -0.380. The molecule has 0 aliphatic heterocycles. The van der Waals surface area contributed by atoms with Crippen molar-refractivity contribution in [2.24, 2.45) is 0 Å². The largest absolute Gasteiger partial charge is 0.288 e. The van der Waals surface area contributed by atoms with Crippen LogP contribution in [0, 0.1) is 10.1 Å². The summed E-state index contributed by atoms with van der Waals surface area (Å²) < 4.78 is 0. The van der Waals surface area contributed by atoms with Crippen LogP contribution in [-0.4, -0.2) is 9.91 Å². The summed E-state index contributed by atoms with van der Waals surface area (Å²) in [5.74, 6) is 0. The van der Waals surface area contributed by atoms with E-state index in [0.717, 1.165) is 30.2 Å². The van der Waals surface area contributed by atoms with Gasteiger partial charge < -0.3 is 0 Å². The first-order valence-corrected chi connectivity index (χ1v) is 5.80. The van der Waals surface area contributed by atoms with E-state index in [1.54, 1.807) is 6.07 Å². The number of aryl methyl sites for hydroxylation is 2. The maximum atomic E-state index is 10.8. The zero-order valence-corrected chi connectivity index (χ0v) is 9.35. The number of fused-ring (bicyclic) bond motifs is 3. The summed E-state index contributed by atoms with van der Waals surface area (Å²) in [5.41, 5.74) is 3.52. The number of benzene rings is 1. The lowest BCUT2D eigenvalue weighted by atomic mass is 9.89. The zero-order valence-electron chi connectivity index (χ0n) is 9.35. The molecule has 0 radical (unpaired) electrons. The van der Waals surface area contributed by atoms with Crippen molar-refractivity contribution in [3.63, 3.8) is 0 Å². The van der Waals surface area contributed by atoms with Gasteiger partial charge in [-0.1, -0.05) is 6.07 Å². The van der Waals surface area contributed by atoms with Crippen molar-refractivity contribution in [1.82, 2.24) is 4.98 Å². The van der Waals surface area contributed by atoms with Crippen LogP contribution in [0.1, 0.15) is 24.0 Å². The number of rotatable bonds is 1. The lowest BCUT2D eigenvalue weighted by molar-refractivity contribution is -0.385. The fraction of sp³-hybridized carbons (Fsp3) is 0.308. The fourth-order valence-corrected chi connectivity index (χ4v) is 2.54. The normalized spacial score (nSPS) is 14.6. The monoisotopic (exact) mass is 228 g/mol. The summed E-state index contributed by atoms with van der Waals surface area (Å²) in [4.78, 5) is 14.6. The third kappa shape index (κ3) is 1.65. The zero-order chi connectivity index (χ0) is 11.8. The Morgan fingerprint density at radius 2 is 2.06 bits per heavy atom. The third-order valence-corrected chi connectivity index (χ3v) is 3.39. The van der Waals surface area contributed by atoms with E-state index in [0.29, 0.717) is 0 Å². The summed E-state index contributed by atoms with van der Waals surface area (Å²) in [6.07, 6.45) is 5.79. The highest BCUT2D eigenvalue weighted by Crippen LogP contribution is 2.29. The van der Waals surface area contributed by atoms with Crippen LogP contribution in [0.3, 0.4) is 0 Å². The Bertz CT molecular complexity index is 608. The first-order chi connectivity index (χ1) is 8.25. The van der Waals surface area contributed by atoms with Crippen LogP contribution in [0.2, 0.25) is 0 Å². The minimum Gasteiger partial charge on any atom is -0.258 e. The van der Waals surface area contributed by atoms with Gasteiger partial charge in [-0.15, -0.1) is 0 Å². The molecule has 4 nitrogen and oxygen atoms in total. The van der Waals surface area contributed by atoms with Gasteiger partial charge in [-0.05, 0) is 42.9 Å². The molecular formula is C13H12N2O2. The number of hydrogen-bond donors (Lipinski definition) is 0. The van der Waals surface area contributed by atoms with Gasteiger partial charge in [0.2, 0.25) is 0 Å². The second kappa shape index (κ2) is 3.80. The van der Waals surface area contributed by atoms with Crippen LogP contribution in [0.15, 0.2) is 24.4 Å². The van der Waals surface area contributed by atoms with Crippen LogP contribution in [0.5, 0.6) is 0 Å². The van der Waals surface area contributed by atoms with E-state index in [1.807, 2.05) is 6.07 Å². The van der Waals surface area contributed by atoms with Crippen molar-refractivity contribution in [3.05, 3.63) is 45.6 Å². The summed E-state index contributed by atoms with van der Waals surface area (Å²) in [6.45, 7) is 0. The molecule has 0 bridgehead atoms. The third-order valence-electron chi connectivity index (χ3n) is 3.39. The topological polar surface area (TPSA) is 56.0 Å². The number of nitrogens with zero attached hydrogens (tertiary/aromatic N) is 2. The summed E-state index contributed by atoms with van der Waals surface area (Å²) in [7, 11) is 0. The lowest BCUT2D eigenvalue weighted by Gasteiger charge is -2.17. The molecule has 0 saturated carbocycles. The number of nitro groups is 1. The highest BCUT2D eigenvalue weighted by Gasteiger charge is 2.15. The predicted octanol–water partition coefficient (Wildman–Crippen LogP) is 3.02. The van der Waals surface area contributed by atoms with Gasteiger partial charge >= 0.3 is 0 Å². The van der Waals surface area contributed by atoms with Gasteiger partial charge in [0.15, 0.2) is 0 Å². The first kappa shape index (κ1) is 10.2. The molecule has 0 amide bonds. The Hall–Kier alpha value is -1.97. The Morgan fingerprint density at radius 3 is 2.88 bits per heavy atom. The summed E-state index contributed by atoms with van der Waals surface area (Å²) in [6, 6.07) is 5.73. The van der Waals surface area contributed by atoms with Gasteiger partial charge in [0.1, 0.15) is 6.20 Å². The smallest absolute Gasteiger partial charge is 0.258 e. The van der Waals surface area contributed by atoms with E-state index in [9.17, 15) is 10.1 Å². The van der Waals surface area contributed by atoms with Gasteiger partial charge in [0, 0.05) is 11.5 Å². The van der Waals surface area contributed by atoms with Gasteiger partial charge in [0.05, 0.1) is 10.4 Å². The summed E-state index contributed by atoms with van der Waals surface area (Å²) in [5, 5.41) is 11.7. The average Bonchev–Trinajstić information content (AvgIpc) is 2.38. The van der Waals surface area contributed by atoms with Crippen molar-refractivity contribution in [1.29, 1.82) is 0 Å². The minimum absolute atomic E-state index is 0.0801. The second-order valence-electron chi connectivity index (χ2n) is 4.43. The van der Waals surface area contributed by atoms with Gasteiger partial charge in [-0.3, -0.25) is 10.1 Å². The maximum absolute atomic E-state index is 10.8.